The van der Waals surface area contributed by atoms with Crippen molar-refractivity contribution in [3.05, 3.63) is 62.7 Å². The Balaban J connectivity index is 2.09. The van der Waals surface area contributed by atoms with Gasteiger partial charge in [-0.2, -0.15) is 0 Å². The number of para-hydroxylation sites is 1. The number of hydrogen-bond donors (Lipinski definition) is 1. The molecule has 0 spiro atoms. The quantitative estimate of drug-likeness (QED) is 0.806. The van der Waals surface area contributed by atoms with Gasteiger partial charge in [-0.25, -0.2) is 0 Å². The predicted molar refractivity (Wildman–Crippen MR) is 77.9 cm³/mol. The highest BCUT2D eigenvalue weighted by Gasteiger charge is 2.00. The van der Waals surface area contributed by atoms with Crippen LogP contribution in [0.4, 0.5) is 5.69 Å². The fraction of sp³-hybridized carbons (Fsp3) is 0.0769. The van der Waals surface area contributed by atoms with E-state index in [2.05, 4.69) is 40.0 Å². The van der Waals surface area contributed by atoms with Crippen LogP contribution in [0.1, 0.15) is 5.56 Å². The smallest absolute Gasteiger partial charge is 0.0478 e. The highest BCUT2D eigenvalue weighted by atomic mass is 127. The van der Waals surface area contributed by atoms with Crippen molar-refractivity contribution in [2.45, 2.75) is 6.54 Å². The molecule has 0 aromatic heterocycles. The van der Waals surface area contributed by atoms with Crippen LogP contribution < -0.4 is 5.32 Å². The van der Waals surface area contributed by atoms with Crippen LogP contribution in [-0.2, 0) is 6.54 Å². The Hall–Kier alpha value is -0.740. The van der Waals surface area contributed by atoms with Crippen LogP contribution in [-0.4, -0.2) is 0 Å². The summed E-state index contributed by atoms with van der Waals surface area (Å²) in [5.74, 6) is 0. The van der Waals surface area contributed by atoms with Crippen LogP contribution in [0.25, 0.3) is 0 Å². The minimum atomic E-state index is 0.750. The topological polar surface area (TPSA) is 12.0 Å². The molecule has 1 N–H and O–H groups in total. The lowest BCUT2D eigenvalue weighted by atomic mass is 10.2. The summed E-state index contributed by atoms with van der Waals surface area (Å²) in [6, 6.07) is 16.1. The number of rotatable bonds is 3. The van der Waals surface area contributed by atoms with E-state index in [0.29, 0.717) is 0 Å². The Kier molecular flexibility index (Phi) is 4.07. The van der Waals surface area contributed by atoms with E-state index in [4.69, 9.17) is 11.6 Å². The molecule has 0 unspecified atom stereocenters. The molecule has 0 atom stereocenters. The Morgan fingerprint density at radius 2 is 1.69 bits per heavy atom. The first-order valence-electron chi connectivity index (χ1n) is 4.99. The summed E-state index contributed by atoms with van der Waals surface area (Å²) in [5.41, 5.74) is 2.26. The molecule has 0 bridgehead atoms. The standard InChI is InChI=1S/C13H11ClIN/c14-11-6-2-1-5-10(11)9-16-13-8-4-3-7-12(13)15/h1-8,16H,9H2. The molecule has 2 rings (SSSR count). The second kappa shape index (κ2) is 5.55. The zero-order valence-electron chi connectivity index (χ0n) is 8.58. The van der Waals surface area contributed by atoms with E-state index < -0.39 is 0 Å². The maximum atomic E-state index is 6.09. The summed E-state index contributed by atoms with van der Waals surface area (Å²) in [4.78, 5) is 0. The van der Waals surface area contributed by atoms with E-state index in [1.54, 1.807) is 0 Å². The molecular formula is C13H11ClIN. The van der Waals surface area contributed by atoms with Crippen molar-refractivity contribution in [1.29, 1.82) is 0 Å². The normalized spacial score (nSPS) is 10.1. The molecule has 0 aliphatic carbocycles. The van der Waals surface area contributed by atoms with Gasteiger partial charge in [-0.3, -0.25) is 0 Å². The van der Waals surface area contributed by atoms with E-state index in [1.165, 1.54) is 3.57 Å². The molecule has 0 saturated carbocycles. The van der Waals surface area contributed by atoms with Crippen molar-refractivity contribution in [3.8, 4) is 0 Å². The molecule has 0 saturated heterocycles. The molecule has 0 aliphatic heterocycles. The summed E-state index contributed by atoms with van der Waals surface area (Å²) in [6.07, 6.45) is 0. The molecule has 0 heterocycles. The highest BCUT2D eigenvalue weighted by molar-refractivity contribution is 14.1. The lowest BCUT2D eigenvalue weighted by molar-refractivity contribution is 1.15. The van der Waals surface area contributed by atoms with Gasteiger partial charge >= 0.3 is 0 Å². The maximum Gasteiger partial charge on any atom is 0.0478 e. The van der Waals surface area contributed by atoms with E-state index in [0.717, 1.165) is 22.8 Å². The Labute approximate surface area is 114 Å². The molecule has 2 aromatic rings. The van der Waals surface area contributed by atoms with Crippen molar-refractivity contribution in [3.63, 3.8) is 0 Å². The molecule has 82 valence electrons. The molecule has 16 heavy (non-hydrogen) atoms. The summed E-state index contributed by atoms with van der Waals surface area (Å²) in [6.45, 7) is 0.750. The lowest BCUT2D eigenvalue weighted by Gasteiger charge is -2.09. The molecule has 1 nitrogen and oxygen atoms in total. The SMILES string of the molecule is Clc1ccccc1CNc1ccccc1I. The first-order chi connectivity index (χ1) is 7.77. The van der Waals surface area contributed by atoms with Gasteiger partial charge in [-0.15, -0.1) is 0 Å². The third kappa shape index (κ3) is 2.89. The maximum absolute atomic E-state index is 6.09. The van der Waals surface area contributed by atoms with Crippen LogP contribution >= 0.6 is 34.2 Å². The number of halogens is 2. The lowest BCUT2D eigenvalue weighted by Crippen LogP contribution is -2.01. The Morgan fingerprint density at radius 1 is 1.00 bits per heavy atom. The van der Waals surface area contributed by atoms with Crippen molar-refractivity contribution in [1.82, 2.24) is 0 Å². The van der Waals surface area contributed by atoms with Crippen molar-refractivity contribution in [2.24, 2.45) is 0 Å². The van der Waals surface area contributed by atoms with Crippen LogP contribution in [0.3, 0.4) is 0 Å². The van der Waals surface area contributed by atoms with Crippen molar-refractivity contribution < 1.29 is 0 Å². The second-order valence-electron chi connectivity index (χ2n) is 3.42. The van der Waals surface area contributed by atoms with Gasteiger partial charge in [-0.05, 0) is 46.4 Å². The van der Waals surface area contributed by atoms with Gasteiger partial charge < -0.3 is 5.32 Å². The minimum Gasteiger partial charge on any atom is -0.380 e. The summed E-state index contributed by atoms with van der Waals surface area (Å²) in [5, 5.41) is 4.18. The summed E-state index contributed by atoms with van der Waals surface area (Å²) >= 11 is 8.40. The predicted octanol–water partition coefficient (Wildman–Crippen LogP) is 4.56. The van der Waals surface area contributed by atoms with E-state index in [9.17, 15) is 0 Å². The number of anilines is 1. The fourth-order valence-corrected chi connectivity index (χ4v) is 2.22. The largest absolute Gasteiger partial charge is 0.380 e. The van der Waals surface area contributed by atoms with Crippen LogP contribution in [0.15, 0.2) is 48.5 Å². The molecular weight excluding hydrogens is 333 g/mol. The average Bonchev–Trinajstić information content (AvgIpc) is 2.30. The van der Waals surface area contributed by atoms with Gasteiger partial charge in [0.25, 0.3) is 0 Å². The molecule has 0 fully saturated rings. The van der Waals surface area contributed by atoms with Crippen LogP contribution in [0.5, 0.6) is 0 Å². The number of benzene rings is 2. The Morgan fingerprint density at radius 3 is 2.44 bits per heavy atom. The average molecular weight is 344 g/mol. The molecule has 0 amide bonds. The summed E-state index contributed by atoms with van der Waals surface area (Å²) < 4.78 is 1.21. The van der Waals surface area contributed by atoms with E-state index in [-0.39, 0.29) is 0 Å². The van der Waals surface area contributed by atoms with Crippen LogP contribution in [0, 0.1) is 3.57 Å². The Bertz CT molecular complexity index is 439. The molecule has 3 heteroatoms. The second-order valence-corrected chi connectivity index (χ2v) is 4.99. The number of hydrogen-bond acceptors (Lipinski definition) is 1. The molecule has 0 aliphatic rings. The van der Waals surface area contributed by atoms with Crippen molar-refractivity contribution in [2.75, 3.05) is 5.32 Å². The van der Waals surface area contributed by atoms with Gasteiger partial charge in [-0.1, -0.05) is 41.9 Å². The molecule has 0 radical (unpaired) electrons. The van der Waals surface area contributed by atoms with Gasteiger partial charge in [0.1, 0.15) is 0 Å². The van der Waals surface area contributed by atoms with Gasteiger partial charge in [0.15, 0.2) is 0 Å². The molecule has 2 aromatic carbocycles. The van der Waals surface area contributed by atoms with E-state index >= 15 is 0 Å². The zero-order valence-corrected chi connectivity index (χ0v) is 11.5. The first kappa shape index (κ1) is 11.7. The first-order valence-corrected chi connectivity index (χ1v) is 6.45. The van der Waals surface area contributed by atoms with Gasteiger partial charge in [0, 0.05) is 20.8 Å². The monoisotopic (exact) mass is 343 g/mol. The van der Waals surface area contributed by atoms with Crippen molar-refractivity contribution >= 4 is 39.9 Å². The fourth-order valence-electron chi connectivity index (χ4n) is 1.44. The highest BCUT2D eigenvalue weighted by Crippen LogP contribution is 2.20. The van der Waals surface area contributed by atoms with Gasteiger partial charge in [0.2, 0.25) is 0 Å². The summed E-state index contributed by atoms with van der Waals surface area (Å²) in [7, 11) is 0. The van der Waals surface area contributed by atoms with Crippen LogP contribution in [0.2, 0.25) is 5.02 Å². The minimum absolute atomic E-state index is 0.750. The third-order valence-corrected chi connectivity index (χ3v) is 3.61. The third-order valence-electron chi connectivity index (χ3n) is 2.30. The number of nitrogens with one attached hydrogen (secondary N) is 1. The van der Waals surface area contributed by atoms with Gasteiger partial charge in [0.05, 0.1) is 0 Å². The zero-order chi connectivity index (χ0) is 11.4. The van der Waals surface area contributed by atoms with E-state index in [1.807, 2.05) is 36.4 Å².